The predicted octanol–water partition coefficient (Wildman–Crippen LogP) is 1.82. The van der Waals surface area contributed by atoms with Crippen LogP contribution in [-0.4, -0.2) is 57.8 Å². The van der Waals surface area contributed by atoms with Gasteiger partial charge in [-0.25, -0.2) is 4.98 Å². The number of likely N-dealkylation sites (N-methyl/N-ethyl adjacent to an activating group) is 1. The minimum absolute atomic E-state index is 0.0961. The first-order chi connectivity index (χ1) is 11.6. The van der Waals surface area contributed by atoms with Crippen molar-refractivity contribution in [3.8, 4) is 0 Å². The van der Waals surface area contributed by atoms with Crippen LogP contribution in [-0.2, 0) is 16.1 Å². The van der Waals surface area contributed by atoms with E-state index in [9.17, 15) is 9.59 Å². The maximum atomic E-state index is 12.4. The number of fused-ring (bicyclic) bond motifs is 1. The molecule has 1 aliphatic rings. The number of hydrogen-bond donors (Lipinski definition) is 0. The normalized spacial score (nSPS) is 14.6. The zero-order valence-corrected chi connectivity index (χ0v) is 14.4. The van der Waals surface area contributed by atoms with Gasteiger partial charge < -0.3 is 14.4 Å². The van der Waals surface area contributed by atoms with Crippen molar-refractivity contribution >= 4 is 22.8 Å². The summed E-state index contributed by atoms with van der Waals surface area (Å²) in [6.07, 6.45) is 2.01. The third kappa shape index (κ3) is 3.42. The maximum Gasteiger partial charge on any atom is 0.224 e. The van der Waals surface area contributed by atoms with Gasteiger partial charge in [-0.2, -0.15) is 0 Å². The van der Waals surface area contributed by atoms with Crippen LogP contribution in [0.15, 0.2) is 24.3 Å². The summed E-state index contributed by atoms with van der Waals surface area (Å²) in [5.74, 6) is 1.23. The summed E-state index contributed by atoms with van der Waals surface area (Å²) < 4.78 is 2.09. The highest BCUT2D eigenvalue weighted by atomic mass is 16.2. The minimum Gasteiger partial charge on any atom is -0.344 e. The summed E-state index contributed by atoms with van der Waals surface area (Å²) in [7, 11) is 1.81. The second kappa shape index (κ2) is 7.03. The first-order valence-electron chi connectivity index (χ1n) is 8.50. The Bertz CT molecular complexity index is 753. The van der Waals surface area contributed by atoms with Gasteiger partial charge in [-0.3, -0.25) is 9.59 Å². The van der Waals surface area contributed by atoms with Crippen molar-refractivity contribution in [1.82, 2.24) is 19.4 Å². The molecule has 2 amide bonds. The van der Waals surface area contributed by atoms with Crippen LogP contribution in [0, 0.1) is 6.92 Å². The zero-order valence-electron chi connectivity index (χ0n) is 14.4. The molecule has 0 bridgehead atoms. The summed E-state index contributed by atoms with van der Waals surface area (Å²) in [5.41, 5.74) is 2.02. The Morgan fingerprint density at radius 3 is 2.83 bits per heavy atom. The fourth-order valence-electron chi connectivity index (χ4n) is 3.21. The molecule has 0 spiro atoms. The van der Waals surface area contributed by atoms with Crippen LogP contribution in [0.5, 0.6) is 0 Å². The molecule has 128 valence electrons. The Hall–Kier alpha value is -2.37. The summed E-state index contributed by atoms with van der Waals surface area (Å²) in [5, 5.41) is 0. The number of benzene rings is 1. The lowest BCUT2D eigenvalue weighted by molar-refractivity contribution is -0.132. The number of amides is 2. The third-order valence-corrected chi connectivity index (χ3v) is 4.70. The second-order valence-electron chi connectivity index (χ2n) is 6.35. The number of nitrogens with zero attached hydrogens (tertiary/aromatic N) is 4. The smallest absolute Gasteiger partial charge is 0.224 e. The molecule has 1 aliphatic heterocycles. The van der Waals surface area contributed by atoms with E-state index < -0.39 is 0 Å². The van der Waals surface area contributed by atoms with E-state index in [0.29, 0.717) is 32.5 Å². The van der Waals surface area contributed by atoms with Crippen LogP contribution in [0.4, 0.5) is 0 Å². The van der Waals surface area contributed by atoms with Crippen LogP contribution in [0.3, 0.4) is 0 Å². The molecule has 1 fully saturated rings. The topological polar surface area (TPSA) is 58.4 Å². The molecular formula is C18H24N4O2. The Kier molecular flexibility index (Phi) is 4.83. The highest BCUT2D eigenvalue weighted by molar-refractivity contribution is 5.79. The minimum atomic E-state index is 0.0961. The van der Waals surface area contributed by atoms with Crippen molar-refractivity contribution in [3.63, 3.8) is 0 Å². The lowest BCUT2D eigenvalue weighted by atomic mass is 10.3. The van der Waals surface area contributed by atoms with Gasteiger partial charge in [0.1, 0.15) is 5.82 Å². The number of carbonyl (C=O) groups is 2. The van der Waals surface area contributed by atoms with Gasteiger partial charge in [-0.1, -0.05) is 12.1 Å². The zero-order chi connectivity index (χ0) is 17.1. The fourth-order valence-corrected chi connectivity index (χ4v) is 3.21. The molecule has 0 aliphatic carbocycles. The Morgan fingerprint density at radius 2 is 2.08 bits per heavy atom. The first-order valence-corrected chi connectivity index (χ1v) is 8.50. The van der Waals surface area contributed by atoms with Crippen LogP contribution in [0.1, 0.15) is 25.1 Å². The van der Waals surface area contributed by atoms with Gasteiger partial charge in [-0.15, -0.1) is 0 Å². The standard InChI is InChI=1S/C18H24N4O2/c1-14-19-15-6-3-4-7-16(15)22(14)11-9-17(23)20(2)12-13-21-10-5-8-18(21)24/h3-4,6-7H,5,8-13H2,1-2H3. The fraction of sp³-hybridized carbons (Fsp3) is 0.500. The van der Waals surface area contributed by atoms with E-state index in [1.807, 2.05) is 43.1 Å². The molecule has 24 heavy (non-hydrogen) atoms. The van der Waals surface area contributed by atoms with Gasteiger partial charge in [-0.05, 0) is 25.5 Å². The Labute approximate surface area is 142 Å². The van der Waals surface area contributed by atoms with Gasteiger partial charge >= 0.3 is 0 Å². The largest absolute Gasteiger partial charge is 0.344 e. The van der Waals surface area contributed by atoms with E-state index in [-0.39, 0.29) is 11.8 Å². The van der Waals surface area contributed by atoms with E-state index in [1.165, 1.54) is 0 Å². The molecule has 0 saturated carbocycles. The molecule has 6 heteroatoms. The molecule has 2 aromatic rings. The quantitative estimate of drug-likeness (QED) is 0.813. The molecule has 1 aromatic carbocycles. The summed E-state index contributed by atoms with van der Waals surface area (Å²) in [6.45, 7) is 4.63. The average molecular weight is 328 g/mol. The van der Waals surface area contributed by atoms with Gasteiger partial charge in [0.2, 0.25) is 11.8 Å². The predicted molar refractivity (Wildman–Crippen MR) is 92.5 cm³/mol. The molecule has 0 atom stereocenters. The van der Waals surface area contributed by atoms with Gasteiger partial charge in [0.15, 0.2) is 0 Å². The van der Waals surface area contributed by atoms with Crippen molar-refractivity contribution < 1.29 is 9.59 Å². The van der Waals surface area contributed by atoms with E-state index in [0.717, 1.165) is 29.8 Å². The number of aromatic nitrogens is 2. The van der Waals surface area contributed by atoms with Gasteiger partial charge in [0, 0.05) is 46.1 Å². The lowest BCUT2D eigenvalue weighted by Gasteiger charge is -2.22. The molecule has 6 nitrogen and oxygen atoms in total. The molecule has 2 heterocycles. The van der Waals surface area contributed by atoms with Crippen LogP contribution < -0.4 is 0 Å². The number of imidazole rings is 1. The summed E-state index contributed by atoms with van der Waals surface area (Å²) >= 11 is 0. The number of aryl methyl sites for hydroxylation is 2. The van der Waals surface area contributed by atoms with E-state index in [4.69, 9.17) is 0 Å². The van der Waals surface area contributed by atoms with E-state index >= 15 is 0 Å². The number of hydrogen-bond acceptors (Lipinski definition) is 3. The molecule has 0 radical (unpaired) electrons. The second-order valence-corrected chi connectivity index (χ2v) is 6.35. The molecule has 1 aromatic heterocycles. The molecule has 0 unspecified atom stereocenters. The van der Waals surface area contributed by atoms with Crippen molar-refractivity contribution in [1.29, 1.82) is 0 Å². The van der Waals surface area contributed by atoms with Crippen molar-refractivity contribution in [2.75, 3.05) is 26.7 Å². The van der Waals surface area contributed by atoms with Crippen molar-refractivity contribution in [2.45, 2.75) is 32.7 Å². The van der Waals surface area contributed by atoms with E-state index in [2.05, 4.69) is 9.55 Å². The van der Waals surface area contributed by atoms with Gasteiger partial charge in [0.25, 0.3) is 0 Å². The van der Waals surface area contributed by atoms with Crippen LogP contribution in [0.25, 0.3) is 11.0 Å². The monoisotopic (exact) mass is 328 g/mol. The number of carbonyl (C=O) groups excluding carboxylic acids is 2. The van der Waals surface area contributed by atoms with Crippen LogP contribution >= 0.6 is 0 Å². The molecule has 0 N–H and O–H groups in total. The Morgan fingerprint density at radius 1 is 1.29 bits per heavy atom. The SMILES string of the molecule is Cc1nc2ccccc2n1CCC(=O)N(C)CCN1CCCC1=O. The summed E-state index contributed by atoms with van der Waals surface area (Å²) in [4.78, 5) is 32.1. The molecule has 1 saturated heterocycles. The first kappa shape index (κ1) is 16.5. The lowest BCUT2D eigenvalue weighted by Crippen LogP contribution is -2.37. The number of likely N-dealkylation sites (tertiary alicyclic amines) is 1. The maximum absolute atomic E-state index is 12.4. The molecular weight excluding hydrogens is 304 g/mol. The third-order valence-electron chi connectivity index (χ3n) is 4.70. The van der Waals surface area contributed by atoms with E-state index in [1.54, 1.807) is 4.90 Å². The molecule has 3 rings (SSSR count). The summed E-state index contributed by atoms with van der Waals surface area (Å²) in [6, 6.07) is 7.97. The van der Waals surface area contributed by atoms with Crippen LogP contribution in [0.2, 0.25) is 0 Å². The van der Waals surface area contributed by atoms with Gasteiger partial charge in [0.05, 0.1) is 11.0 Å². The van der Waals surface area contributed by atoms with Crippen molar-refractivity contribution in [3.05, 3.63) is 30.1 Å². The highest BCUT2D eigenvalue weighted by Gasteiger charge is 2.20. The highest BCUT2D eigenvalue weighted by Crippen LogP contribution is 2.16. The number of para-hydroxylation sites is 2. The Balaban J connectivity index is 1.54. The number of rotatable bonds is 6. The van der Waals surface area contributed by atoms with Crippen molar-refractivity contribution in [2.24, 2.45) is 0 Å². The average Bonchev–Trinajstić information content (AvgIpc) is 3.12.